The van der Waals surface area contributed by atoms with Gasteiger partial charge in [0.1, 0.15) is 11.3 Å². The highest BCUT2D eigenvalue weighted by Crippen LogP contribution is 2.19. The number of hydrogen-bond donors (Lipinski definition) is 1. The van der Waals surface area contributed by atoms with E-state index in [0.29, 0.717) is 29.6 Å². The molecular weight excluding hydrogens is 408 g/mol. The van der Waals surface area contributed by atoms with Crippen LogP contribution in [0.4, 0.5) is 0 Å². The number of fused-ring (bicyclic) bond motifs is 1. The highest BCUT2D eigenvalue weighted by atomic mass is 16.2. The van der Waals surface area contributed by atoms with Crippen molar-refractivity contribution in [3.63, 3.8) is 0 Å². The van der Waals surface area contributed by atoms with Gasteiger partial charge in [0.05, 0.1) is 11.4 Å². The Morgan fingerprint density at radius 1 is 1.09 bits per heavy atom. The second-order valence-electron chi connectivity index (χ2n) is 7.93. The van der Waals surface area contributed by atoms with Crippen molar-refractivity contribution in [1.82, 2.24) is 19.0 Å². The molecular formula is C24H24N4O4. The number of ketones is 1. The molecule has 1 N–H and O–H groups in total. The summed E-state index contributed by atoms with van der Waals surface area (Å²) in [6.45, 7) is 1.82. The van der Waals surface area contributed by atoms with E-state index in [1.807, 2.05) is 30.3 Å². The first-order chi connectivity index (χ1) is 15.3. The molecule has 8 heteroatoms. The summed E-state index contributed by atoms with van der Waals surface area (Å²) in [6, 6.07) is 10.8. The van der Waals surface area contributed by atoms with Crippen LogP contribution in [0.3, 0.4) is 0 Å². The topological polar surface area (TPSA) is 95.1 Å². The van der Waals surface area contributed by atoms with E-state index in [2.05, 4.69) is 5.32 Å². The van der Waals surface area contributed by atoms with E-state index < -0.39 is 11.2 Å². The molecule has 4 rings (SSSR count). The molecule has 164 valence electrons. The second kappa shape index (κ2) is 8.30. The lowest BCUT2D eigenvalue weighted by Crippen LogP contribution is -2.37. The van der Waals surface area contributed by atoms with Crippen LogP contribution in [0.5, 0.6) is 0 Å². The van der Waals surface area contributed by atoms with E-state index in [9.17, 15) is 19.2 Å². The molecule has 1 amide bonds. The third kappa shape index (κ3) is 3.75. The first-order valence-electron chi connectivity index (χ1n) is 10.3. The fourth-order valence-electron chi connectivity index (χ4n) is 3.99. The van der Waals surface area contributed by atoms with Gasteiger partial charge in [0.25, 0.3) is 11.5 Å². The quantitative estimate of drug-likeness (QED) is 0.663. The molecule has 0 spiro atoms. The first-order valence-corrected chi connectivity index (χ1v) is 10.3. The van der Waals surface area contributed by atoms with Crippen LogP contribution >= 0.6 is 0 Å². The average molecular weight is 432 g/mol. The number of carbonyl (C=O) groups excluding carboxylic acids is 2. The molecule has 0 fully saturated rings. The van der Waals surface area contributed by atoms with Gasteiger partial charge in [-0.05, 0) is 25.0 Å². The van der Waals surface area contributed by atoms with Gasteiger partial charge in [-0.25, -0.2) is 4.79 Å². The Bertz CT molecular complexity index is 1400. The van der Waals surface area contributed by atoms with Gasteiger partial charge >= 0.3 is 5.69 Å². The van der Waals surface area contributed by atoms with E-state index in [-0.39, 0.29) is 23.4 Å². The summed E-state index contributed by atoms with van der Waals surface area (Å²) >= 11 is 0. The Labute approximate surface area is 184 Å². The van der Waals surface area contributed by atoms with Gasteiger partial charge in [0.2, 0.25) is 0 Å². The van der Waals surface area contributed by atoms with Crippen LogP contribution in [0.1, 0.15) is 29.4 Å². The molecule has 0 saturated carbocycles. The fraction of sp³-hybridized carbons (Fsp3) is 0.250. The molecule has 0 aliphatic heterocycles. The third-order valence-electron chi connectivity index (χ3n) is 5.73. The third-order valence-corrected chi connectivity index (χ3v) is 5.73. The largest absolute Gasteiger partial charge is 0.344 e. The van der Waals surface area contributed by atoms with Crippen molar-refractivity contribution < 1.29 is 9.59 Å². The van der Waals surface area contributed by atoms with E-state index in [0.717, 1.165) is 10.1 Å². The maximum atomic E-state index is 13.3. The highest BCUT2D eigenvalue weighted by molar-refractivity contribution is 5.99. The predicted octanol–water partition coefficient (Wildman–Crippen LogP) is 1.66. The SMILES string of the molecule is CC(=O)C1=CC[C@@H](NC(=O)c2cc3c(=O)n(C)c(=O)n(C)c3n2Cc2ccccc2)C=C1. The van der Waals surface area contributed by atoms with E-state index in [1.165, 1.54) is 18.5 Å². The summed E-state index contributed by atoms with van der Waals surface area (Å²) in [5, 5.41) is 3.25. The molecule has 0 radical (unpaired) electrons. The molecule has 0 bridgehead atoms. The van der Waals surface area contributed by atoms with Gasteiger partial charge in [0, 0.05) is 26.2 Å². The lowest BCUT2D eigenvalue weighted by molar-refractivity contribution is -0.113. The summed E-state index contributed by atoms with van der Waals surface area (Å²) in [7, 11) is 3.01. The molecule has 2 aromatic heterocycles. The Hall–Kier alpha value is -3.94. The minimum atomic E-state index is -0.459. The van der Waals surface area contributed by atoms with Gasteiger partial charge < -0.3 is 9.88 Å². The molecule has 32 heavy (non-hydrogen) atoms. The number of nitrogens with zero attached hydrogens (tertiary/aromatic N) is 3. The molecule has 0 unspecified atom stereocenters. The number of hydrogen-bond acceptors (Lipinski definition) is 4. The lowest BCUT2D eigenvalue weighted by atomic mass is 10.0. The molecule has 1 atom stereocenters. The Kier molecular flexibility index (Phi) is 5.52. The van der Waals surface area contributed by atoms with Crippen molar-refractivity contribution >= 4 is 22.7 Å². The summed E-state index contributed by atoms with van der Waals surface area (Å²) < 4.78 is 4.12. The number of amides is 1. The van der Waals surface area contributed by atoms with Gasteiger partial charge in [-0.1, -0.05) is 48.6 Å². The molecule has 8 nitrogen and oxygen atoms in total. The van der Waals surface area contributed by atoms with Crippen LogP contribution in [0.2, 0.25) is 0 Å². The number of aryl methyl sites for hydroxylation is 1. The molecule has 0 saturated heterocycles. The van der Waals surface area contributed by atoms with Gasteiger partial charge in [-0.3, -0.25) is 23.5 Å². The van der Waals surface area contributed by atoms with Gasteiger partial charge in [0.15, 0.2) is 5.78 Å². The molecule has 1 aromatic carbocycles. The Morgan fingerprint density at radius 3 is 2.44 bits per heavy atom. The number of Topliss-reactive ketones (excluding diaryl/α,β-unsaturated/α-hetero) is 1. The minimum Gasteiger partial charge on any atom is -0.344 e. The summed E-state index contributed by atoms with van der Waals surface area (Å²) in [5.74, 6) is -0.383. The van der Waals surface area contributed by atoms with Crippen molar-refractivity contribution in [1.29, 1.82) is 0 Å². The lowest BCUT2D eigenvalue weighted by Gasteiger charge is -2.18. The van der Waals surface area contributed by atoms with E-state index in [4.69, 9.17) is 0 Å². The standard InChI is InChI=1S/C24H24N4O4/c1-15(29)17-9-11-18(12-10-17)25-21(30)20-13-19-22(26(2)24(32)27(3)23(19)31)28(20)14-16-7-5-4-6-8-16/h4-11,13,18H,12,14H2,1-3H3,(H,25,30)/t18-/m0/s1. The first kappa shape index (κ1) is 21.3. The molecule has 1 aliphatic carbocycles. The Morgan fingerprint density at radius 2 is 1.81 bits per heavy atom. The fourth-order valence-corrected chi connectivity index (χ4v) is 3.99. The van der Waals surface area contributed by atoms with Gasteiger partial charge in [-0.15, -0.1) is 0 Å². The normalized spacial score (nSPS) is 15.6. The maximum Gasteiger partial charge on any atom is 0.332 e. The summed E-state index contributed by atoms with van der Waals surface area (Å²) in [4.78, 5) is 50.1. The zero-order valence-electron chi connectivity index (χ0n) is 18.2. The number of allylic oxidation sites excluding steroid dienone is 2. The van der Waals surface area contributed by atoms with Crippen LogP contribution in [-0.2, 0) is 25.4 Å². The summed E-state index contributed by atoms with van der Waals surface area (Å²) in [5.41, 5.74) is 1.32. The number of aromatic nitrogens is 3. The van der Waals surface area contributed by atoms with E-state index in [1.54, 1.807) is 35.9 Å². The number of nitrogens with one attached hydrogen (secondary N) is 1. The molecule has 2 heterocycles. The van der Waals surface area contributed by atoms with E-state index >= 15 is 0 Å². The zero-order valence-corrected chi connectivity index (χ0v) is 18.2. The van der Waals surface area contributed by atoms with Crippen LogP contribution in [0.15, 0.2) is 69.8 Å². The van der Waals surface area contributed by atoms with Crippen molar-refractivity contribution in [2.24, 2.45) is 14.1 Å². The molecule has 1 aliphatic rings. The van der Waals surface area contributed by atoms with Crippen LogP contribution < -0.4 is 16.6 Å². The van der Waals surface area contributed by atoms with Crippen LogP contribution in [0.25, 0.3) is 11.0 Å². The second-order valence-corrected chi connectivity index (χ2v) is 7.93. The smallest absolute Gasteiger partial charge is 0.332 e. The van der Waals surface area contributed by atoms with Gasteiger partial charge in [-0.2, -0.15) is 0 Å². The number of rotatable bonds is 5. The van der Waals surface area contributed by atoms with Crippen molar-refractivity contribution in [3.8, 4) is 0 Å². The number of benzene rings is 1. The zero-order chi connectivity index (χ0) is 23.0. The van der Waals surface area contributed by atoms with Crippen LogP contribution in [-0.4, -0.2) is 31.4 Å². The maximum absolute atomic E-state index is 13.3. The van der Waals surface area contributed by atoms with Crippen molar-refractivity contribution in [3.05, 3.63) is 92.3 Å². The van der Waals surface area contributed by atoms with Crippen LogP contribution in [0, 0.1) is 0 Å². The molecule has 3 aromatic rings. The highest BCUT2D eigenvalue weighted by Gasteiger charge is 2.23. The van der Waals surface area contributed by atoms with Crippen molar-refractivity contribution in [2.75, 3.05) is 0 Å². The predicted molar refractivity (Wildman–Crippen MR) is 122 cm³/mol. The number of carbonyl (C=O) groups is 2. The summed E-state index contributed by atoms with van der Waals surface area (Å²) in [6.07, 6.45) is 5.78. The van der Waals surface area contributed by atoms with Crippen molar-refractivity contribution in [2.45, 2.75) is 25.9 Å². The minimum absolute atomic E-state index is 0.0224. The average Bonchev–Trinajstić information content (AvgIpc) is 3.16. The Balaban J connectivity index is 1.78. The monoisotopic (exact) mass is 432 g/mol.